The van der Waals surface area contributed by atoms with Crippen molar-refractivity contribution in [1.29, 1.82) is 0 Å². The summed E-state index contributed by atoms with van der Waals surface area (Å²) in [5.74, 6) is 0. The molecule has 4 heavy (non-hydrogen) atoms. The quantitative estimate of drug-likeness (QED) is 0.470. The molecule has 0 nitrogen and oxygen atoms in total. The van der Waals surface area contributed by atoms with Crippen LogP contribution in [0.1, 0.15) is 2.85 Å². The van der Waals surface area contributed by atoms with Crippen LogP contribution in [0.2, 0.25) is 0 Å². The van der Waals surface area contributed by atoms with Gasteiger partial charge in [0.1, 0.15) is 0 Å². The first-order chi connectivity index (χ1) is 0. The molecular weight excluding hydrogens is 192 g/mol. The van der Waals surface area contributed by atoms with Crippen molar-refractivity contribution in [1.82, 2.24) is 0 Å². The third-order valence-electron chi connectivity index (χ3n) is 0. The molecule has 0 saturated carbocycles. The summed E-state index contributed by atoms with van der Waals surface area (Å²) >= 11 is 0. The Balaban J connectivity index is 0. The molecule has 0 aliphatic carbocycles. The van der Waals surface area contributed by atoms with Crippen LogP contribution in [0.15, 0.2) is 0 Å². The van der Waals surface area contributed by atoms with Gasteiger partial charge in [-0.15, -0.1) is 0 Å². The van der Waals surface area contributed by atoms with Gasteiger partial charge in [-0.05, 0) is 0 Å². The first-order valence-corrected chi connectivity index (χ1v) is 0. The smallest absolute Gasteiger partial charge is 1.00 e. The van der Waals surface area contributed by atoms with Crippen molar-refractivity contribution < 1.29 is 61.1 Å². The number of hydrogen-bond donors (Lipinski definition) is 0. The molecule has 0 aliphatic rings. The van der Waals surface area contributed by atoms with E-state index in [1.807, 2.05) is 0 Å². The minimum Gasteiger partial charge on any atom is -1.00 e. The van der Waals surface area contributed by atoms with Gasteiger partial charge >= 0.3 is 23.1 Å². The Bertz CT molecular complexity index is 13.5. The van der Waals surface area contributed by atoms with Crippen LogP contribution in [0, 0.1) is 0 Å². The van der Waals surface area contributed by atoms with Crippen LogP contribution in [0.3, 0.4) is 0 Å². The van der Waals surface area contributed by atoms with Crippen LogP contribution in [0.5, 0.6) is 0 Å². The van der Waals surface area contributed by atoms with Crippen molar-refractivity contribution in [2.75, 3.05) is 0 Å². The summed E-state index contributed by atoms with van der Waals surface area (Å²) in [4.78, 5) is 0. The molecule has 0 fully saturated rings. The van der Waals surface area contributed by atoms with Crippen LogP contribution >= 0.6 is 0 Å². The largest absolute Gasteiger partial charge is 2.00 e. The molecule has 0 N–H and O–H groups in total. The molecule has 0 aromatic carbocycles. The maximum atomic E-state index is 0. The molecule has 0 heterocycles. The summed E-state index contributed by atoms with van der Waals surface area (Å²) in [6.07, 6.45) is 0. The Kier molecular flexibility index (Phi) is 133. The van der Waals surface area contributed by atoms with Gasteiger partial charge in [-0.1, -0.05) is 0 Å². The molecule has 0 aromatic heterocycles. The van der Waals surface area contributed by atoms with E-state index >= 15 is 0 Å². The Hall–Kier alpha value is 2.62. The average Bonchev–Trinajstić information content (AvgIpc) is 0. The molecule has 0 atom stereocenters. The summed E-state index contributed by atoms with van der Waals surface area (Å²) in [5.41, 5.74) is 0. The summed E-state index contributed by atoms with van der Waals surface area (Å²) in [6, 6.07) is 0. The van der Waals surface area contributed by atoms with Crippen molar-refractivity contribution in [2.24, 2.45) is 0 Å². The Morgan fingerprint density at radius 2 is 1.25 bits per heavy atom. The Morgan fingerprint density at radius 1 is 1.25 bits per heavy atom. The van der Waals surface area contributed by atoms with Gasteiger partial charge in [-0.2, -0.15) is 0 Å². The van der Waals surface area contributed by atoms with Crippen molar-refractivity contribution in [3.8, 4) is 0 Å². The van der Waals surface area contributed by atoms with Crippen molar-refractivity contribution >= 4 is 23.1 Å². The zero-order valence-corrected chi connectivity index (χ0v) is 9.42. The standard InChI is InChI=1S/Mg.Mn.Ti.Zn.2H/q+2;;;;2*-1. The SMILES string of the molecule is [H-].[H-].[Mg+2].[Mn].[Ti].[Zn]. The average molecular weight is 195 g/mol. The zero-order chi connectivity index (χ0) is 0. The minimum atomic E-state index is 0. The molecule has 0 aromatic rings. The van der Waals surface area contributed by atoms with Gasteiger partial charge < -0.3 is 2.85 Å². The second kappa shape index (κ2) is 17.5. The fraction of sp³-hybridized carbons (Fsp3) is 0. The van der Waals surface area contributed by atoms with Crippen LogP contribution in [-0.4, -0.2) is 23.1 Å². The molecule has 0 bridgehead atoms. The van der Waals surface area contributed by atoms with E-state index < -0.39 is 0 Å². The molecule has 0 unspecified atom stereocenters. The molecule has 4 heteroatoms. The van der Waals surface area contributed by atoms with Gasteiger partial charge in [-0.25, -0.2) is 0 Å². The van der Waals surface area contributed by atoms with E-state index in [4.69, 9.17) is 0 Å². The normalized spacial score (nSPS) is 0. The molecule has 1 radical (unpaired) electrons. The summed E-state index contributed by atoms with van der Waals surface area (Å²) < 4.78 is 0. The summed E-state index contributed by atoms with van der Waals surface area (Å²) in [5, 5.41) is 0. The zero-order valence-electron chi connectivity index (χ0n) is 4.29. The van der Waals surface area contributed by atoms with Gasteiger partial charge in [-0.3, -0.25) is 0 Å². The minimum absolute atomic E-state index is 0. The van der Waals surface area contributed by atoms with Gasteiger partial charge in [0, 0.05) is 58.3 Å². The molecule has 0 spiro atoms. The molecule has 0 saturated heterocycles. The van der Waals surface area contributed by atoms with Crippen molar-refractivity contribution in [2.45, 2.75) is 0 Å². The van der Waals surface area contributed by atoms with E-state index in [-0.39, 0.29) is 84.2 Å². The maximum absolute atomic E-state index is 0. The predicted molar refractivity (Wildman–Crippen MR) is 7.98 cm³/mol. The second-order valence-electron chi connectivity index (χ2n) is 0. The van der Waals surface area contributed by atoms with E-state index in [1.165, 1.54) is 0 Å². The fourth-order valence-corrected chi connectivity index (χ4v) is 0. The van der Waals surface area contributed by atoms with Crippen LogP contribution in [-0.2, 0) is 58.3 Å². The van der Waals surface area contributed by atoms with Gasteiger partial charge in [0.2, 0.25) is 0 Å². The number of rotatable bonds is 0. The summed E-state index contributed by atoms with van der Waals surface area (Å²) in [7, 11) is 0. The molecule has 17 valence electrons. The fourth-order valence-electron chi connectivity index (χ4n) is 0. The van der Waals surface area contributed by atoms with E-state index in [0.29, 0.717) is 0 Å². The van der Waals surface area contributed by atoms with E-state index in [2.05, 4.69) is 0 Å². The van der Waals surface area contributed by atoms with Crippen LogP contribution < -0.4 is 0 Å². The Morgan fingerprint density at radius 3 is 1.25 bits per heavy atom. The van der Waals surface area contributed by atoms with Crippen LogP contribution in [0.4, 0.5) is 0 Å². The molecular formula is H2MgMnTiZn. The third kappa shape index (κ3) is 8.82. The monoisotopic (exact) mass is 193 g/mol. The maximum Gasteiger partial charge on any atom is 2.00 e. The van der Waals surface area contributed by atoms with E-state index in [0.717, 1.165) is 0 Å². The van der Waals surface area contributed by atoms with E-state index in [1.54, 1.807) is 0 Å². The van der Waals surface area contributed by atoms with Crippen molar-refractivity contribution in [3.63, 3.8) is 0 Å². The first kappa shape index (κ1) is 30.4. The topological polar surface area (TPSA) is 0 Å². The first-order valence-electron chi connectivity index (χ1n) is 0. The van der Waals surface area contributed by atoms with E-state index in [9.17, 15) is 0 Å². The Labute approximate surface area is 83.1 Å². The van der Waals surface area contributed by atoms with Gasteiger partial charge in [0.25, 0.3) is 0 Å². The summed E-state index contributed by atoms with van der Waals surface area (Å²) in [6.45, 7) is 0. The van der Waals surface area contributed by atoms with Crippen molar-refractivity contribution in [3.05, 3.63) is 0 Å². The molecule has 0 aliphatic heterocycles. The molecule has 0 amide bonds. The number of hydrogen-bond acceptors (Lipinski definition) is 0. The second-order valence-corrected chi connectivity index (χ2v) is 0. The van der Waals surface area contributed by atoms with Gasteiger partial charge in [0.15, 0.2) is 0 Å². The van der Waals surface area contributed by atoms with Crippen LogP contribution in [0.25, 0.3) is 0 Å². The third-order valence-corrected chi connectivity index (χ3v) is 0. The predicted octanol–water partition coefficient (Wildman–Crippen LogP) is -0.163. The van der Waals surface area contributed by atoms with Gasteiger partial charge in [0.05, 0.1) is 0 Å². The molecule has 0 rings (SSSR count).